The molecule has 1 nitrogen and oxygen atoms in total. The van der Waals surface area contributed by atoms with E-state index in [1.165, 1.54) is 0 Å². The average molecular weight is 245 g/mol. The lowest BCUT2D eigenvalue weighted by Gasteiger charge is -1.97. The lowest BCUT2D eigenvalue weighted by Crippen LogP contribution is -1.83. The molecule has 0 bridgehead atoms. The van der Waals surface area contributed by atoms with Crippen molar-refractivity contribution in [2.45, 2.75) is 0 Å². The van der Waals surface area contributed by atoms with Crippen LogP contribution in [0.2, 0.25) is 5.02 Å². The Kier molecular flexibility index (Phi) is 1.89. The van der Waals surface area contributed by atoms with Gasteiger partial charge in [-0.05, 0) is 22.0 Å². The van der Waals surface area contributed by atoms with Gasteiger partial charge in [0.2, 0.25) is 0 Å². The highest BCUT2D eigenvalue weighted by molar-refractivity contribution is 9.10. The Balaban J connectivity index is 2.99. The third-order valence-corrected chi connectivity index (χ3v) is 2.84. The summed E-state index contributed by atoms with van der Waals surface area (Å²) in [5.74, 6) is 0. The van der Waals surface area contributed by atoms with Crippen LogP contribution in [0.3, 0.4) is 0 Å². The molecule has 0 spiro atoms. The molecule has 62 valence electrons. The lowest BCUT2D eigenvalue weighted by atomic mass is 10.2. The van der Waals surface area contributed by atoms with Gasteiger partial charge in [0.25, 0.3) is 0 Å². The van der Waals surface area contributed by atoms with Crippen molar-refractivity contribution in [1.82, 2.24) is 4.57 Å². The zero-order valence-electron chi connectivity index (χ0n) is 6.51. The smallest absolute Gasteiger partial charge is 0.0678 e. The van der Waals surface area contributed by atoms with Crippen molar-refractivity contribution in [3.05, 3.63) is 33.9 Å². The molecule has 0 amide bonds. The SMILES string of the molecule is Cn1cc(Br)c2cccc(Cl)c21. The highest BCUT2D eigenvalue weighted by atomic mass is 79.9. The van der Waals surface area contributed by atoms with E-state index in [4.69, 9.17) is 11.6 Å². The molecule has 0 atom stereocenters. The summed E-state index contributed by atoms with van der Waals surface area (Å²) in [6, 6.07) is 5.90. The molecular weight excluding hydrogens is 237 g/mol. The molecule has 1 aromatic carbocycles. The van der Waals surface area contributed by atoms with Gasteiger partial charge in [0.1, 0.15) is 0 Å². The fourth-order valence-electron chi connectivity index (χ4n) is 1.37. The van der Waals surface area contributed by atoms with Crippen LogP contribution in [-0.4, -0.2) is 4.57 Å². The van der Waals surface area contributed by atoms with Gasteiger partial charge in [-0.25, -0.2) is 0 Å². The number of para-hydroxylation sites is 1. The Morgan fingerprint density at radius 3 is 2.83 bits per heavy atom. The molecular formula is C9H7BrClN. The Morgan fingerprint density at radius 1 is 1.42 bits per heavy atom. The molecule has 0 fully saturated rings. The molecule has 0 N–H and O–H groups in total. The van der Waals surface area contributed by atoms with Crippen LogP contribution in [0.4, 0.5) is 0 Å². The number of aromatic nitrogens is 1. The largest absolute Gasteiger partial charge is 0.348 e. The van der Waals surface area contributed by atoms with Gasteiger partial charge >= 0.3 is 0 Å². The van der Waals surface area contributed by atoms with Crippen LogP contribution in [0.15, 0.2) is 28.9 Å². The zero-order valence-corrected chi connectivity index (χ0v) is 8.85. The normalized spacial score (nSPS) is 10.9. The van der Waals surface area contributed by atoms with Gasteiger partial charge in [-0.3, -0.25) is 0 Å². The van der Waals surface area contributed by atoms with Gasteiger partial charge in [0.15, 0.2) is 0 Å². The quantitative estimate of drug-likeness (QED) is 0.667. The highest BCUT2D eigenvalue weighted by Gasteiger charge is 2.05. The van der Waals surface area contributed by atoms with Crippen molar-refractivity contribution in [1.29, 1.82) is 0 Å². The molecule has 1 aromatic heterocycles. The maximum atomic E-state index is 6.03. The molecule has 1 heterocycles. The van der Waals surface area contributed by atoms with E-state index >= 15 is 0 Å². The number of hydrogen-bond donors (Lipinski definition) is 0. The third-order valence-electron chi connectivity index (χ3n) is 1.90. The van der Waals surface area contributed by atoms with Crippen LogP contribution in [0.5, 0.6) is 0 Å². The second-order valence-electron chi connectivity index (χ2n) is 2.72. The van der Waals surface area contributed by atoms with Gasteiger partial charge in [-0.15, -0.1) is 0 Å². The molecule has 0 aliphatic heterocycles. The van der Waals surface area contributed by atoms with E-state index in [0.29, 0.717) is 0 Å². The van der Waals surface area contributed by atoms with E-state index in [-0.39, 0.29) is 0 Å². The first-order valence-corrected chi connectivity index (χ1v) is 4.76. The predicted molar refractivity (Wildman–Crippen MR) is 55.6 cm³/mol. The van der Waals surface area contributed by atoms with Crippen molar-refractivity contribution >= 4 is 38.4 Å². The van der Waals surface area contributed by atoms with Crippen molar-refractivity contribution in [2.75, 3.05) is 0 Å². The summed E-state index contributed by atoms with van der Waals surface area (Å²) >= 11 is 9.51. The van der Waals surface area contributed by atoms with Gasteiger partial charge in [0, 0.05) is 23.1 Å². The van der Waals surface area contributed by atoms with Crippen LogP contribution >= 0.6 is 27.5 Å². The fourth-order valence-corrected chi connectivity index (χ4v) is 2.31. The van der Waals surface area contributed by atoms with Crippen molar-refractivity contribution < 1.29 is 0 Å². The van der Waals surface area contributed by atoms with E-state index in [1.807, 2.05) is 36.0 Å². The summed E-state index contributed by atoms with van der Waals surface area (Å²) in [5, 5.41) is 1.95. The summed E-state index contributed by atoms with van der Waals surface area (Å²) in [7, 11) is 1.99. The van der Waals surface area contributed by atoms with E-state index in [2.05, 4.69) is 15.9 Å². The second kappa shape index (κ2) is 2.79. The first-order chi connectivity index (χ1) is 5.70. The molecule has 2 aromatic rings. The van der Waals surface area contributed by atoms with Gasteiger partial charge in [-0.1, -0.05) is 23.7 Å². The summed E-state index contributed by atoms with van der Waals surface area (Å²) in [6.07, 6.45) is 2.01. The monoisotopic (exact) mass is 243 g/mol. The van der Waals surface area contributed by atoms with Crippen LogP contribution in [0.25, 0.3) is 10.9 Å². The second-order valence-corrected chi connectivity index (χ2v) is 3.99. The molecule has 2 rings (SSSR count). The molecule has 3 heteroatoms. The predicted octanol–water partition coefficient (Wildman–Crippen LogP) is 3.59. The molecule has 0 saturated heterocycles. The van der Waals surface area contributed by atoms with E-state index in [0.717, 1.165) is 20.4 Å². The number of nitrogens with zero attached hydrogens (tertiary/aromatic N) is 1. The molecule has 0 aliphatic rings. The van der Waals surface area contributed by atoms with Crippen LogP contribution in [-0.2, 0) is 7.05 Å². The number of fused-ring (bicyclic) bond motifs is 1. The first-order valence-electron chi connectivity index (χ1n) is 3.59. The van der Waals surface area contributed by atoms with Crippen LogP contribution in [0, 0.1) is 0 Å². The maximum absolute atomic E-state index is 6.03. The van der Waals surface area contributed by atoms with Crippen molar-refractivity contribution in [2.24, 2.45) is 7.05 Å². The summed E-state index contributed by atoms with van der Waals surface area (Å²) in [6.45, 7) is 0. The Hall–Kier alpha value is -0.470. The maximum Gasteiger partial charge on any atom is 0.0678 e. The minimum absolute atomic E-state index is 0.792. The number of halogens is 2. The molecule has 0 aliphatic carbocycles. The van der Waals surface area contributed by atoms with Crippen molar-refractivity contribution in [3.8, 4) is 0 Å². The minimum atomic E-state index is 0.792. The fraction of sp³-hybridized carbons (Fsp3) is 0.111. The molecule has 0 unspecified atom stereocenters. The van der Waals surface area contributed by atoms with E-state index < -0.39 is 0 Å². The minimum Gasteiger partial charge on any atom is -0.348 e. The summed E-state index contributed by atoms with van der Waals surface area (Å²) in [4.78, 5) is 0. The molecule has 12 heavy (non-hydrogen) atoms. The zero-order chi connectivity index (χ0) is 8.72. The van der Waals surface area contributed by atoms with E-state index in [1.54, 1.807) is 0 Å². The standard InChI is InChI=1S/C9H7BrClN/c1-12-5-7(10)6-3-2-4-8(11)9(6)12/h2-5H,1H3. The van der Waals surface area contributed by atoms with Gasteiger partial charge in [-0.2, -0.15) is 0 Å². The number of hydrogen-bond acceptors (Lipinski definition) is 0. The topological polar surface area (TPSA) is 4.93 Å². The number of aryl methyl sites for hydroxylation is 1. The molecule has 0 radical (unpaired) electrons. The molecule has 0 saturated carbocycles. The number of rotatable bonds is 0. The van der Waals surface area contributed by atoms with Crippen LogP contribution < -0.4 is 0 Å². The lowest BCUT2D eigenvalue weighted by molar-refractivity contribution is 0.967. The Morgan fingerprint density at radius 2 is 2.17 bits per heavy atom. The average Bonchev–Trinajstić information content (AvgIpc) is 2.29. The Labute approximate surface area is 84.1 Å². The van der Waals surface area contributed by atoms with Crippen LogP contribution in [0.1, 0.15) is 0 Å². The van der Waals surface area contributed by atoms with E-state index in [9.17, 15) is 0 Å². The summed E-state index contributed by atoms with van der Waals surface area (Å²) < 4.78 is 3.10. The first kappa shape index (κ1) is 8.14. The van der Waals surface area contributed by atoms with Gasteiger partial charge < -0.3 is 4.57 Å². The van der Waals surface area contributed by atoms with Crippen molar-refractivity contribution in [3.63, 3.8) is 0 Å². The Bertz CT molecular complexity index is 433. The summed E-state index contributed by atoms with van der Waals surface area (Å²) in [5.41, 5.74) is 1.08. The number of benzene rings is 1. The highest BCUT2D eigenvalue weighted by Crippen LogP contribution is 2.30. The van der Waals surface area contributed by atoms with Gasteiger partial charge in [0.05, 0.1) is 10.5 Å². The third kappa shape index (κ3) is 1.06.